The molecule has 0 bridgehead atoms. The van der Waals surface area contributed by atoms with Crippen LogP contribution in [0.25, 0.3) is 87.8 Å². The summed E-state index contributed by atoms with van der Waals surface area (Å²) in [6.45, 7) is 4.14. The Morgan fingerprint density at radius 3 is 2.13 bits per heavy atom. The zero-order valence-corrected chi connectivity index (χ0v) is 31.1. The zero-order chi connectivity index (χ0) is 36.9. The van der Waals surface area contributed by atoms with E-state index in [4.69, 9.17) is 9.10 Å². The van der Waals surface area contributed by atoms with Gasteiger partial charge in [0.05, 0.1) is 39.1 Å². The Bertz CT molecular complexity index is 3250. The Balaban J connectivity index is 0.000000164. The molecule has 5 heterocycles. The molecule has 5 aromatic heterocycles. The van der Waals surface area contributed by atoms with Crippen molar-refractivity contribution in [3.05, 3.63) is 151 Å². The van der Waals surface area contributed by atoms with Crippen molar-refractivity contribution in [1.29, 1.82) is 0 Å². The maximum Gasteiger partial charge on any atom is 0.0774 e. The molecule has 0 aliphatic heterocycles. The summed E-state index contributed by atoms with van der Waals surface area (Å²) in [4.78, 5) is 13.8. The maximum atomic E-state index is 7.35. The Morgan fingerprint density at radius 1 is 0.635 bits per heavy atom. The van der Waals surface area contributed by atoms with Crippen LogP contribution in [-0.4, -0.2) is 23.8 Å². The van der Waals surface area contributed by atoms with E-state index in [0.717, 1.165) is 27.8 Å². The minimum atomic E-state index is -2.11. The summed E-state index contributed by atoms with van der Waals surface area (Å²) in [5.41, 5.74) is 9.94. The van der Waals surface area contributed by atoms with Crippen molar-refractivity contribution >= 4 is 76.5 Å². The molecule has 0 saturated heterocycles. The standard InChI is InChI=1S/C31H16N3.C15H17N2.Ir/c1-2-10-22-18(8-1)23-16-28-24(17-29(23)34-27-15-6-4-13-25(27)32-31(22)34)21-12-7-11-20-19-9-3-5-14-26(19)33(28)30(20)21;1-11-5-7-12(8-6-11)14-16-10-9-13(17-14)15(2,3)4;/h1-9,11-17H;5-7,9-10H,1-4H3;/q2*-1;/i;1D3;. The van der Waals surface area contributed by atoms with Crippen molar-refractivity contribution in [2.45, 2.75) is 33.0 Å². The quantitative estimate of drug-likeness (QED) is 0.122. The molecule has 1 radical (unpaired) electrons. The molecule has 6 aromatic carbocycles. The van der Waals surface area contributed by atoms with E-state index >= 15 is 0 Å². The number of para-hydroxylation sites is 4. The van der Waals surface area contributed by atoms with Gasteiger partial charge in [0.1, 0.15) is 0 Å². The second-order valence-electron chi connectivity index (χ2n) is 14.2. The van der Waals surface area contributed by atoms with Crippen LogP contribution in [0.15, 0.2) is 128 Å². The summed E-state index contributed by atoms with van der Waals surface area (Å²) in [6.07, 6.45) is 1.72. The molecule has 0 amide bonds. The first kappa shape index (κ1) is 29.0. The largest absolute Gasteiger partial charge is 0.333 e. The van der Waals surface area contributed by atoms with E-state index in [1.807, 2.05) is 12.1 Å². The van der Waals surface area contributed by atoms with E-state index in [0.29, 0.717) is 11.4 Å². The number of fused-ring (bicyclic) bond motifs is 14. The molecular formula is C46H33IrN5-2. The fourth-order valence-corrected chi connectivity index (χ4v) is 7.62. The summed E-state index contributed by atoms with van der Waals surface area (Å²) >= 11 is 0. The van der Waals surface area contributed by atoms with Gasteiger partial charge in [0, 0.05) is 68.6 Å². The van der Waals surface area contributed by atoms with Gasteiger partial charge in [-0.3, -0.25) is 15.0 Å². The third-order valence-corrected chi connectivity index (χ3v) is 9.99. The van der Waals surface area contributed by atoms with Crippen LogP contribution in [0.4, 0.5) is 0 Å². The van der Waals surface area contributed by atoms with Crippen molar-refractivity contribution in [1.82, 2.24) is 23.8 Å². The van der Waals surface area contributed by atoms with Crippen LogP contribution in [0.1, 0.15) is 36.1 Å². The van der Waals surface area contributed by atoms with Crippen molar-refractivity contribution in [3.8, 4) is 11.4 Å². The fraction of sp³-hybridized carbons (Fsp3) is 0.109. The molecule has 0 spiro atoms. The third kappa shape index (κ3) is 4.82. The van der Waals surface area contributed by atoms with Crippen LogP contribution < -0.4 is 0 Å². The molecule has 6 heteroatoms. The maximum absolute atomic E-state index is 7.35. The monoisotopic (exact) mass is 851 g/mol. The number of hydrogen-bond acceptors (Lipinski definition) is 3. The molecule has 0 aliphatic rings. The van der Waals surface area contributed by atoms with Gasteiger partial charge in [-0.2, -0.15) is 0 Å². The molecule has 0 unspecified atom stereocenters. The molecule has 0 atom stereocenters. The van der Waals surface area contributed by atoms with Gasteiger partial charge >= 0.3 is 0 Å². The van der Waals surface area contributed by atoms with Gasteiger partial charge < -0.3 is 8.80 Å². The smallest absolute Gasteiger partial charge is 0.0774 e. The van der Waals surface area contributed by atoms with Crippen molar-refractivity contribution in [2.75, 3.05) is 0 Å². The molecule has 0 fully saturated rings. The Morgan fingerprint density at radius 2 is 1.35 bits per heavy atom. The molecule has 0 saturated carbocycles. The summed E-state index contributed by atoms with van der Waals surface area (Å²) in [6, 6.07) is 47.9. The first-order valence-electron chi connectivity index (χ1n) is 18.6. The molecule has 5 nitrogen and oxygen atoms in total. The Hall–Kier alpha value is -5.68. The minimum absolute atomic E-state index is 0. The van der Waals surface area contributed by atoms with Gasteiger partial charge in [-0.15, -0.1) is 65.0 Å². The first-order valence-corrected chi connectivity index (χ1v) is 17.1. The van der Waals surface area contributed by atoms with Crippen LogP contribution in [0.2, 0.25) is 0 Å². The molecule has 253 valence electrons. The van der Waals surface area contributed by atoms with E-state index < -0.39 is 6.85 Å². The summed E-state index contributed by atoms with van der Waals surface area (Å²) < 4.78 is 26.8. The molecule has 52 heavy (non-hydrogen) atoms. The van der Waals surface area contributed by atoms with E-state index in [9.17, 15) is 0 Å². The SMILES string of the molecule is [2H]C([2H])([2H])c1c[c-]c(-c2nccc(C(C)(C)C)n2)cc1.[Ir].[c-]1cccc2c1c1nc3ccccc3n1c1cc3c4cccc5c6ccccc6n(c3cc21)c54. The van der Waals surface area contributed by atoms with Crippen LogP contribution in [0.5, 0.6) is 0 Å². The molecule has 11 rings (SSSR count). The second-order valence-corrected chi connectivity index (χ2v) is 14.2. The average Bonchev–Trinajstić information content (AvgIpc) is 3.85. The molecular weight excluding hydrogens is 815 g/mol. The first-order chi connectivity index (χ1) is 26.1. The predicted molar refractivity (Wildman–Crippen MR) is 211 cm³/mol. The van der Waals surface area contributed by atoms with Crippen LogP contribution in [0, 0.1) is 19.0 Å². The number of pyridine rings is 1. The zero-order valence-electron chi connectivity index (χ0n) is 31.7. The number of aryl methyl sites for hydroxylation is 1. The normalized spacial score (nSPS) is 13.2. The fourth-order valence-electron chi connectivity index (χ4n) is 7.62. The van der Waals surface area contributed by atoms with Crippen molar-refractivity contribution in [2.24, 2.45) is 0 Å². The number of nitrogens with zero attached hydrogens (tertiary/aromatic N) is 5. The minimum Gasteiger partial charge on any atom is -0.333 e. The molecule has 0 N–H and O–H groups in total. The van der Waals surface area contributed by atoms with Gasteiger partial charge in [0.25, 0.3) is 0 Å². The number of aromatic nitrogens is 5. The topological polar surface area (TPSA) is 47.5 Å². The van der Waals surface area contributed by atoms with Gasteiger partial charge in [0.15, 0.2) is 0 Å². The predicted octanol–water partition coefficient (Wildman–Crippen LogP) is 11.3. The van der Waals surface area contributed by atoms with Gasteiger partial charge in [-0.1, -0.05) is 81.5 Å². The average molecular weight is 851 g/mol. The number of benzene rings is 6. The summed E-state index contributed by atoms with van der Waals surface area (Å²) in [5.74, 6) is 0.564. The Labute approximate surface area is 318 Å². The van der Waals surface area contributed by atoms with Crippen molar-refractivity contribution < 1.29 is 24.2 Å². The number of rotatable bonds is 1. The second kappa shape index (κ2) is 11.9. The Kier molecular flexibility index (Phi) is 6.65. The summed E-state index contributed by atoms with van der Waals surface area (Å²) in [5, 5.41) is 8.65. The third-order valence-electron chi connectivity index (χ3n) is 9.99. The van der Waals surface area contributed by atoms with E-state index in [2.05, 4.69) is 143 Å². The van der Waals surface area contributed by atoms with Gasteiger partial charge in [0.2, 0.25) is 0 Å². The van der Waals surface area contributed by atoms with Crippen molar-refractivity contribution in [3.63, 3.8) is 0 Å². The van der Waals surface area contributed by atoms with E-state index in [1.54, 1.807) is 18.3 Å². The molecule has 11 aromatic rings. The van der Waals surface area contributed by atoms with Gasteiger partial charge in [-0.25, -0.2) is 0 Å². The van der Waals surface area contributed by atoms with Crippen LogP contribution in [-0.2, 0) is 25.5 Å². The van der Waals surface area contributed by atoms with E-state index in [-0.39, 0.29) is 31.1 Å². The van der Waals surface area contributed by atoms with Gasteiger partial charge in [-0.05, 0) is 41.8 Å². The summed E-state index contributed by atoms with van der Waals surface area (Å²) in [7, 11) is 0. The number of imidazole rings is 1. The van der Waals surface area contributed by atoms with Crippen LogP contribution >= 0.6 is 0 Å². The molecule has 0 aliphatic carbocycles. The van der Waals surface area contributed by atoms with Crippen LogP contribution in [0.3, 0.4) is 0 Å². The van der Waals surface area contributed by atoms with E-state index in [1.165, 1.54) is 60.5 Å². The number of hydrogen-bond donors (Lipinski definition) is 0.